The molecule has 138 valence electrons. The molecule has 0 aromatic heterocycles. The molecule has 0 spiro atoms. The third-order valence-electron chi connectivity index (χ3n) is 4.95. The van der Waals surface area contributed by atoms with E-state index in [1.54, 1.807) is 24.3 Å². The fourth-order valence-electron chi connectivity index (χ4n) is 3.49. The number of benzene rings is 2. The van der Waals surface area contributed by atoms with Crippen molar-refractivity contribution in [2.45, 2.75) is 19.3 Å². The summed E-state index contributed by atoms with van der Waals surface area (Å²) in [5.41, 5.74) is 2.17. The Kier molecular flexibility index (Phi) is 4.62. The summed E-state index contributed by atoms with van der Waals surface area (Å²) in [7, 11) is 0. The van der Waals surface area contributed by atoms with Gasteiger partial charge in [0, 0.05) is 30.9 Å². The van der Waals surface area contributed by atoms with E-state index in [0.717, 1.165) is 17.7 Å². The van der Waals surface area contributed by atoms with Gasteiger partial charge < -0.3 is 10.1 Å². The van der Waals surface area contributed by atoms with Crippen molar-refractivity contribution in [2.24, 2.45) is 5.92 Å². The number of anilines is 1. The van der Waals surface area contributed by atoms with Crippen LogP contribution < -0.4 is 15.0 Å². The SMILES string of the molecule is O=C(NC[C@@H]1COc2ccccc2C1)c1ccc(N2C(=O)CCC2=O)cc1. The Hall–Kier alpha value is -3.15. The first-order valence-corrected chi connectivity index (χ1v) is 9.06. The van der Waals surface area contributed by atoms with E-state index in [1.165, 1.54) is 4.90 Å². The fraction of sp³-hybridized carbons (Fsp3) is 0.286. The van der Waals surface area contributed by atoms with Crippen LogP contribution in [0.15, 0.2) is 48.5 Å². The molecule has 1 atom stereocenters. The molecule has 0 aliphatic carbocycles. The highest BCUT2D eigenvalue weighted by atomic mass is 16.5. The molecule has 2 aromatic rings. The fourth-order valence-corrected chi connectivity index (χ4v) is 3.49. The Labute approximate surface area is 157 Å². The van der Waals surface area contributed by atoms with Gasteiger partial charge in [-0.1, -0.05) is 18.2 Å². The van der Waals surface area contributed by atoms with Crippen molar-refractivity contribution in [1.82, 2.24) is 5.32 Å². The average Bonchev–Trinajstić information content (AvgIpc) is 3.04. The molecule has 0 bridgehead atoms. The summed E-state index contributed by atoms with van der Waals surface area (Å²) in [6.45, 7) is 1.10. The summed E-state index contributed by atoms with van der Waals surface area (Å²) >= 11 is 0. The van der Waals surface area contributed by atoms with Gasteiger partial charge in [-0.3, -0.25) is 19.3 Å². The van der Waals surface area contributed by atoms with Gasteiger partial charge >= 0.3 is 0 Å². The number of ether oxygens (including phenoxy) is 1. The van der Waals surface area contributed by atoms with Gasteiger partial charge in [0.15, 0.2) is 0 Å². The second-order valence-corrected chi connectivity index (χ2v) is 6.87. The van der Waals surface area contributed by atoms with Gasteiger partial charge in [0.2, 0.25) is 11.8 Å². The predicted octanol–water partition coefficient (Wildman–Crippen LogP) is 2.32. The van der Waals surface area contributed by atoms with Crippen LogP contribution in [0, 0.1) is 5.92 Å². The maximum atomic E-state index is 12.4. The zero-order chi connectivity index (χ0) is 18.8. The summed E-state index contributed by atoms with van der Waals surface area (Å²) in [6.07, 6.45) is 1.36. The molecule has 2 aliphatic heterocycles. The topological polar surface area (TPSA) is 75.7 Å². The second-order valence-electron chi connectivity index (χ2n) is 6.87. The summed E-state index contributed by atoms with van der Waals surface area (Å²) in [6, 6.07) is 14.5. The van der Waals surface area contributed by atoms with Crippen molar-refractivity contribution in [3.8, 4) is 5.75 Å². The van der Waals surface area contributed by atoms with Crippen LogP contribution in [0.5, 0.6) is 5.75 Å². The molecule has 27 heavy (non-hydrogen) atoms. The number of rotatable bonds is 4. The highest BCUT2D eigenvalue weighted by Gasteiger charge is 2.30. The molecule has 2 aliphatic rings. The van der Waals surface area contributed by atoms with Gasteiger partial charge in [-0.05, 0) is 42.3 Å². The molecule has 3 amide bonds. The van der Waals surface area contributed by atoms with Gasteiger partial charge in [-0.25, -0.2) is 0 Å². The van der Waals surface area contributed by atoms with E-state index in [9.17, 15) is 14.4 Å². The molecule has 4 rings (SSSR count). The number of carbonyl (C=O) groups is 3. The van der Waals surface area contributed by atoms with Crippen molar-refractivity contribution in [3.63, 3.8) is 0 Å². The van der Waals surface area contributed by atoms with E-state index in [2.05, 4.69) is 5.32 Å². The van der Waals surface area contributed by atoms with Crippen LogP contribution in [-0.4, -0.2) is 30.9 Å². The largest absolute Gasteiger partial charge is 0.493 e. The molecule has 0 saturated carbocycles. The maximum absolute atomic E-state index is 12.4. The number of nitrogens with zero attached hydrogens (tertiary/aromatic N) is 1. The second kappa shape index (κ2) is 7.23. The van der Waals surface area contributed by atoms with Crippen LogP contribution in [0.2, 0.25) is 0 Å². The minimum Gasteiger partial charge on any atom is -0.493 e. The Morgan fingerprint density at radius 3 is 2.48 bits per heavy atom. The highest BCUT2D eigenvalue weighted by Crippen LogP contribution is 2.26. The van der Waals surface area contributed by atoms with Crippen molar-refractivity contribution < 1.29 is 19.1 Å². The molecule has 2 aromatic carbocycles. The number of imide groups is 1. The van der Waals surface area contributed by atoms with E-state index in [-0.39, 0.29) is 36.5 Å². The van der Waals surface area contributed by atoms with E-state index < -0.39 is 0 Å². The van der Waals surface area contributed by atoms with Crippen LogP contribution in [0.25, 0.3) is 0 Å². The van der Waals surface area contributed by atoms with E-state index in [1.807, 2.05) is 24.3 Å². The average molecular weight is 364 g/mol. The molecular formula is C21H20N2O4. The van der Waals surface area contributed by atoms with E-state index in [4.69, 9.17) is 4.74 Å². The van der Waals surface area contributed by atoms with Gasteiger partial charge in [-0.2, -0.15) is 0 Å². The number of nitrogens with one attached hydrogen (secondary N) is 1. The Balaban J connectivity index is 1.35. The molecule has 0 radical (unpaired) electrons. The quantitative estimate of drug-likeness (QED) is 0.845. The van der Waals surface area contributed by atoms with Crippen LogP contribution in [-0.2, 0) is 16.0 Å². The molecule has 0 unspecified atom stereocenters. The van der Waals surface area contributed by atoms with Crippen LogP contribution in [0.1, 0.15) is 28.8 Å². The Morgan fingerprint density at radius 2 is 1.74 bits per heavy atom. The summed E-state index contributed by atoms with van der Waals surface area (Å²) in [4.78, 5) is 37.1. The number of hydrogen-bond donors (Lipinski definition) is 1. The van der Waals surface area contributed by atoms with Crippen molar-refractivity contribution >= 4 is 23.4 Å². The first-order valence-electron chi connectivity index (χ1n) is 9.06. The predicted molar refractivity (Wildman–Crippen MR) is 99.6 cm³/mol. The first kappa shape index (κ1) is 17.3. The zero-order valence-corrected chi connectivity index (χ0v) is 14.8. The summed E-state index contributed by atoms with van der Waals surface area (Å²) in [5, 5.41) is 2.94. The maximum Gasteiger partial charge on any atom is 0.251 e. The number of para-hydroxylation sites is 1. The van der Waals surface area contributed by atoms with Crippen LogP contribution in [0.3, 0.4) is 0 Å². The van der Waals surface area contributed by atoms with Crippen LogP contribution in [0.4, 0.5) is 5.69 Å². The molecule has 6 nitrogen and oxygen atoms in total. The van der Waals surface area contributed by atoms with E-state index in [0.29, 0.717) is 24.4 Å². The normalized spacial score (nSPS) is 18.8. The van der Waals surface area contributed by atoms with Crippen molar-refractivity contribution in [1.29, 1.82) is 0 Å². The molecule has 1 N–H and O–H groups in total. The molecular weight excluding hydrogens is 344 g/mol. The zero-order valence-electron chi connectivity index (χ0n) is 14.8. The number of hydrogen-bond acceptors (Lipinski definition) is 4. The third-order valence-corrected chi connectivity index (χ3v) is 4.95. The van der Waals surface area contributed by atoms with Gasteiger partial charge in [0.05, 0.1) is 12.3 Å². The Bertz CT molecular complexity index is 875. The Morgan fingerprint density at radius 1 is 1.04 bits per heavy atom. The van der Waals surface area contributed by atoms with E-state index >= 15 is 0 Å². The monoisotopic (exact) mass is 364 g/mol. The third kappa shape index (κ3) is 3.56. The minimum atomic E-state index is -0.199. The lowest BCUT2D eigenvalue weighted by molar-refractivity contribution is -0.121. The highest BCUT2D eigenvalue weighted by molar-refractivity contribution is 6.19. The lowest BCUT2D eigenvalue weighted by atomic mass is 9.96. The van der Waals surface area contributed by atoms with Gasteiger partial charge in [0.1, 0.15) is 5.75 Å². The minimum absolute atomic E-state index is 0.181. The summed E-state index contributed by atoms with van der Waals surface area (Å²) < 4.78 is 5.75. The molecule has 1 fully saturated rings. The summed E-state index contributed by atoms with van der Waals surface area (Å²) in [5.74, 6) is 0.564. The molecule has 1 saturated heterocycles. The van der Waals surface area contributed by atoms with Gasteiger partial charge in [-0.15, -0.1) is 0 Å². The standard InChI is InChI=1S/C21H20N2O4/c24-19-9-10-20(25)23(19)17-7-5-15(6-8-17)21(26)22-12-14-11-16-3-1-2-4-18(16)27-13-14/h1-8,14H,9-13H2,(H,22,26)/t14-/m1/s1. The smallest absolute Gasteiger partial charge is 0.251 e. The van der Waals surface area contributed by atoms with Crippen LogP contribution >= 0.6 is 0 Å². The van der Waals surface area contributed by atoms with Gasteiger partial charge in [0.25, 0.3) is 5.91 Å². The molecule has 6 heteroatoms. The number of fused-ring (bicyclic) bond motifs is 1. The van der Waals surface area contributed by atoms with Crippen molar-refractivity contribution in [2.75, 3.05) is 18.1 Å². The lowest BCUT2D eigenvalue weighted by Crippen LogP contribution is -2.34. The number of carbonyl (C=O) groups excluding carboxylic acids is 3. The lowest BCUT2D eigenvalue weighted by Gasteiger charge is -2.25. The van der Waals surface area contributed by atoms with Crippen molar-refractivity contribution in [3.05, 3.63) is 59.7 Å². The molecule has 2 heterocycles. The first-order chi connectivity index (χ1) is 13.1. The number of amides is 3.